The Labute approximate surface area is 166 Å². The maximum Gasteiger partial charge on any atom is 0.251 e. The lowest BCUT2D eigenvalue weighted by Gasteiger charge is -2.11. The molecule has 0 spiro atoms. The summed E-state index contributed by atoms with van der Waals surface area (Å²) in [5, 5.41) is 17.6. The highest BCUT2D eigenvalue weighted by atomic mass is 32.2. The highest BCUT2D eigenvalue weighted by Crippen LogP contribution is 2.26. The number of aliphatic hydroxyl groups is 1. The van der Waals surface area contributed by atoms with Gasteiger partial charge in [0.15, 0.2) is 11.5 Å². The van der Waals surface area contributed by atoms with Gasteiger partial charge in [0.25, 0.3) is 5.91 Å². The van der Waals surface area contributed by atoms with Crippen LogP contribution in [0.25, 0.3) is 16.9 Å². The fourth-order valence-electron chi connectivity index (χ4n) is 3.12. The molecular weight excluding hydrogens is 374 g/mol. The predicted molar refractivity (Wildman–Crippen MR) is 111 cm³/mol. The van der Waals surface area contributed by atoms with Crippen molar-refractivity contribution in [1.29, 1.82) is 0 Å². The molecule has 1 aliphatic heterocycles. The lowest BCUT2D eigenvalue weighted by atomic mass is 10.1. The van der Waals surface area contributed by atoms with Crippen molar-refractivity contribution in [3.05, 3.63) is 59.9 Å². The molecule has 3 aromatic rings. The second kappa shape index (κ2) is 8.45. The molecule has 28 heavy (non-hydrogen) atoms. The molecule has 1 unspecified atom stereocenters. The molecular formula is C20H21N5O2S. The first-order valence-electron chi connectivity index (χ1n) is 9.12. The number of hydrogen-bond acceptors (Lipinski definition) is 6. The zero-order chi connectivity index (χ0) is 19.3. The van der Waals surface area contributed by atoms with E-state index in [0.29, 0.717) is 10.8 Å². The van der Waals surface area contributed by atoms with Crippen LogP contribution in [0.5, 0.6) is 0 Å². The average molecular weight is 395 g/mol. The van der Waals surface area contributed by atoms with Crippen LogP contribution in [-0.2, 0) is 0 Å². The summed E-state index contributed by atoms with van der Waals surface area (Å²) in [5.41, 5.74) is 3.06. The number of carbonyl (C=O) groups is 1. The summed E-state index contributed by atoms with van der Waals surface area (Å²) in [6.45, 7) is 0.970. The van der Waals surface area contributed by atoms with Crippen molar-refractivity contribution < 1.29 is 9.90 Å². The van der Waals surface area contributed by atoms with Crippen LogP contribution in [-0.4, -0.2) is 50.3 Å². The minimum Gasteiger partial charge on any atom is -0.395 e. The molecule has 0 saturated heterocycles. The van der Waals surface area contributed by atoms with Crippen molar-refractivity contribution in [2.45, 2.75) is 11.7 Å². The Morgan fingerprint density at radius 2 is 2.29 bits per heavy atom. The van der Waals surface area contributed by atoms with Gasteiger partial charge in [-0.3, -0.25) is 9.20 Å². The Kier molecular flexibility index (Phi) is 5.59. The molecule has 1 aromatic carbocycles. The van der Waals surface area contributed by atoms with E-state index in [1.165, 1.54) is 0 Å². The number of allylic oxidation sites excluding steroid dienone is 1. The van der Waals surface area contributed by atoms with E-state index in [4.69, 9.17) is 5.11 Å². The molecule has 0 fully saturated rings. The van der Waals surface area contributed by atoms with Gasteiger partial charge in [-0.15, -0.1) is 11.8 Å². The molecule has 1 aliphatic rings. The van der Waals surface area contributed by atoms with Crippen molar-refractivity contribution in [2.75, 3.05) is 25.0 Å². The molecule has 2 aromatic heterocycles. The Morgan fingerprint density at radius 1 is 1.36 bits per heavy atom. The average Bonchev–Trinajstić information content (AvgIpc) is 3.40. The van der Waals surface area contributed by atoms with Gasteiger partial charge < -0.3 is 15.7 Å². The standard InChI is InChI=1S/C20H21N5O2S/c26-9-7-22-20(27)15-4-1-3-14(11-15)17-13-24-19-18(21-6-8-25(17)19)23-12-16-5-2-10-28-16/h1-4,6,8,10-11,13,16,26H,5,7,9,12H2,(H,21,23)(H,22,27). The van der Waals surface area contributed by atoms with Crippen LogP contribution < -0.4 is 10.6 Å². The molecule has 8 heteroatoms. The first kappa shape index (κ1) is 18.5. The SMILES string of the molecule is O=C(NCCO)c1cccc(-c2cnc3c(NCC4CC=CS4)nccn23)c1. The Balaban J connectivity index is 1.59. The zero-order valence-electron chi connectivity index (χ0n) is 15.2. The third kappa shape index (κ3) is 3.88. The second-order valence-electron chi connectivity index (χ2n) is 6.42. The van der Waals surface area contributed by atoms with E-state index in [9.17, 15) is 4.79 Å². The molecule has 0 aliphatic carbocycles. The Hall–Kier alpha value is -2.84. The van der Waals surface area contributed by atoms with Gasteiger partial charge in [-0.05, 0) is 24.0 Å². The summed E-state index contributed by atoms with van der Waals surface area (Å²) >= 11 is 1.83. The largest absolute Gasteiger partial charge is 0.395 e. The van der Waals surface area contributed by atoms with Gasteiger partial charge in [0, 0.05) is 41.9 Å². The zero-order valence-corrected chi connectivity index (χ0v) is 16.0. The number of fused-ring (bicyclic) bond motifs is 1. The van der Waals surface area contributed by atoms with Crippen molar-refractivity contribution in [2.24, 2.45) is 0 Å². The molecule has 7 nitrogen and oxygen atoms in total. The predicted octanol–water partition coefficient (Wildman–Crippen LogP) is 2.55. The number of benzene rings is 1. The number of thioether (sulfide) groups is 1. The molecule has 4 rings (SSSR count). The van der Waals surface area contributed by atoms with Gasteiger partial charge in [0.05, 0.1) is 18.5 Å². The summed E-state index contributed by atoms with van der Waals surface area (Å²) in [6.07, 6.45) is 8.65. The minimum atomic E-state index is -0.212. The van der Waals surface area contributed by atoms with Crippen LogP contribution in [0, 0.1) is 0 Å². The van der Waals surface area contributed by atoms with Crippen molar-refractivity contribution in [3.8, 4) is 11.3 Å². The molecule has 3 heterocycles. The van der Waals surface area contributed by atoms with E-state index in [1.54, 1.807) is 18.5 Å². The first-order chi connectivity index (χ1) is 13.8. The van der Waals surface area contributed by atoms with Gasteiger partial charge in [0.2, 0.25) is 0 Å². The third-order valence-corrected chi connectivity index (χ3v) is 5.60. The van der Waals surface area contributed by atoms with Crippen LogP contribution >= 0.6 is 11.8 Å². The maximum atomic E-state index is 12.2. The normalized spacial score (nSPS) is 15.8. The van der Waals surface area contributed by atoms with Gasteiger partial charge in [-0.2, -0.15) is 0 Å². The van der Waals surface area contributed by atoms with Crippen molar-refractivity contribution >= 4 is 29.1 Å². The quantitative estimate of drug-likeness (QED) is 0.570. The monoisotopic (exact) mass is 395 g/mol. The van der Waals surface area contributed by atoms with Crippen molar-refractivity contribution in [1.82, 2.24) is 19.7 Å². The minimum absolute atomic E-state index is 0.0864. The molecule has 0 saturated carbocycles. The van der Waals surface area contributed by atoms with Gasteiger partial charge in [-0.25, -0.2) is 9.97 Å². The fraction of sp³-hybridized carbons (Fsp3) is 0.250. The molecule has 1 atom stereocenters. The number of amides is 1. The van der Waals surface area contributed by atoms with Gasteiger partial charge >= 0.3 is 0 Å². The first-order valence-corrected chi connectivity index (χ1v) is 10.1. The van der Waals surface area contributed by atoms with Crippen LogP contribution in [0.1, 0.15) is 16.8 Å². The highest BCUT2D eigenvalue weighted by Gasteiger charge is 2.15. The van der Waals surface area contributed by atoms with Crippen molar-refractivity contribution in [3.63, 3.8) is 0 Å². The molecule has 1 amide bonds. The third-order valence-electron chi connectivity index (χ3n) is 4.51. The number of imidazole rings is 1. The number of aliphatic hydroxyl groups excluding tert-OH is 1. The number of anilines is 1. The van der Waals surface area contributed by atoms with E-state index in [0.717, 1.165) is 35.7 Å². The van der Waals surface area contributed by atoms with E-state index in [-0.39, 0.29) is 19.1 Å². The molecule has 144 valence electrons. The number of hydrogen-bond donors (Lipinski definition) is 3. The topological polar surface area (TPSA) is 91.5 Å². The van der Waals surface area contributed by atoms with Crippen LogP contribution in [0.2, 0.25) is 0 Å². The van der Waals surface area contributed by atoms with E-state index < -0.39 is 0 Å². The Morgan fingerprint density at radius 3 is 3.11 bits per heavy atom. The summed E-state index contributed by atoms with van der Waals surface area (Å²) in [7, 11) is 0. The van der Waals surface area contributed by atoms with Crippen LogP contribution in [0.4, 0.5) is 5.82 Å². The number of aromatic nitrogens is 3. The lowest BCUT2D eigenvalue weighted by Crippen LogP contribution is -2.26. The van der Waals surface area contributed by atoms with E-state index in [1.807, 2.05) is 40.6 Å². The maximum absolute atomic E-state index is 12.2. The number of rotatable bonds is 7. The lowest BCUT2D eigenvalue weighted by molar-refractivity contribution is 0.0945. The molecule has 0 bridgehead atoms. The highest BCUT2D eigenvalue weighted by molar-refractivity contribution is 8.03. The second-order valence-corrected chi connectivity index (χ2v) is 7.63. The fourth-order valence-corrected chi connectivity index (χ4v) is 3.97. The van der Waals surface area contributed by atoms with Gasteiger partial charge in [-0.1, -0.05) is 18.2 Å². The van der Waals surface area contributed by atoms with Gasteiger partial charge in [0.1, 0.15) is 0 Å². The van der Waals surface area contributed by atoms with Crippen LogP contribution in [0.15, 0.2) is 54.3 Å². The molecule has 3 N–H and O–H groups in total. The van der Waals surface area contributed by atoms with E-state index in [2.05, 4.69) is 32.1 Å². The Bertz CT molecular complexity index is 1010. The summed E-state index contributed by atoms with van der Waals surface area (Å²) in [4.78, 5) is 21.2. The van der Waals surface area contributed by atoms with E-state index >= 15 is 0 Å². The molecule has 0 radical (unpaired) electrons. The summed E-state index contributed by atoms with van der Waals surface area (Å²) < 4.78 is 1.97. The number of carbonyl (C=O) groups excluding carboxylic acids is 1. The van der Waals surface area contributed by atoms with Crippen LogP contribution in [0.3, 0.4) is 0 Å². The summed E-state index contributed by atoms with van der Waals surface area (Å²) in [5.74, 6) is 0.537. The summed E-state index contributed by atoms with van der Waals surface area (Å²) in [6, 6.07) is 7.36. The number of nitrogens with one attached hydrogen (secondary N) is 2. The number of nitrogens with zero attached hydrogens (tertiary/aromatic N) is 3. The smallest absolute Gasteiger partial charge is 0.251 e.